The van der Waals surface area contributed by atoms with Gasteiger partial charge in [0.15, 0.2) is 0 Å². The van der Waals surface area contributed by atoms with Crippen LogP contribution in [0, 0.1) is 25.7 Å². The van der Waals surface area contributed by atoms with Crippen molar-refractivity contribution >= 4 is 0 Å². The molecule has 21 heavy (non-hydrogen) atoms. The van der Waals surface area contributed by atoms with Gasteiger partial charge in [0.1, 0.15) is 5.82 Å². The summed E-state index contributed by atoms with van der Waals surface area (Å²) in [5, 5.41) is 3.50. The second-order valence-electron chi connectivity index (χ2n) is 6.74. The standard InChI is InChI=1S/C18H33N3/c1-7-10-19-12-14(4)11-17-15(5)20-18(21-16(17)6)9-8-13(2)3/h13-14,19H,7-12H2,1-6H3. The van der Waals surface area contributed by atoms with E-state index in [-0.39, 0.29) is 0 Å². The van der Waals surface area contributed by atoms with Gasteiger partial charge in [0, 0.05) is 17.8 Å². The van der Waals surface area contributed by atoms with Crippen molar-refractivity contribution in [1.82, 2.24) is 15.3 Å². The summed E-state index contributed by atoms with van der Waals surface area (Å²) in [6.07, 6.45) is 4.42. The lowest BCUT2D eigenvalue weighted by atomic mass is 9.98. The zero-order valence-electron chi connectivity index (χ0n) is 14.8. The Labute approximate surface area is 131 Å². The molecule has 1 N–H and O–H groups in total. The molecule has 0 aliphatic carbocycles. The van der Waals surface area contributed by atoms with Gasteiger partial charge < -0.3 is 5.32 Å². The van der Waals surface area contributed by atoms with Crippen LogP contribution in [0.2, 0.25) is 0 Å². The van der Waals surface area contributed by atoms with E-state index in [1.165, 1.54) is 23.4 Å². The molecule has 0 bridgehead atoms. The lowest BCUT2D eigenvalue weighted by molar-refractivity contribution is 0.506. The van der Waals surface area contributed by atoms with Crippen LogP contribution in [0.3, 0.4) is 0 Å². The van der Waals surface area contributed by atoms with Gasteiger partial charge in [0.25, 0.3) is 0 Å². The molecule has 3 nitrogen and oxygen atoms in total. The summed E-state index contributed by atoms with van der Waals surface area (Å²) in [6.45, 7) is 15.4. The minimum absolute atomic E-state index is 0.624. The first-order valence-electron chi connectivity index (χ1n) is 8.47. The maximum absolute atomic E-state index is 4.72. The third kappa shape index (κ3) is 6.56. The summed E-state index contributed by atoms with van der Waals surface area (Å²) >= 11 is 0. The first-order chi connectivity index (χ1) is 9.93. The molecule has 0 fully saturated rings. The maximum Gasteiger partial charge on any atom is 0.128 e. The molecule has 1 heterocycles. The predicted octanol–water partition coefficient (Wildman–Crippen LogP) is 3.86. The topological polar surface area (TPSA) is 37.8 Å². The van der Waals surface area contributed by atoms with Crippen molar-refractivity contribution in [3.8, 4) is 0 Å². The van der Waals surface area contributed by atoms with Gasteiger partial charge in [0.2, 0.25) is 0 Å². The van der Waals surface area contributed by atoms with Gasteiger partial charge >= 0.3 is 0 Å². The first kappa shape index (κ1) is 18.1. The number of rotatable bonds is 9. The van der Waals surface area contributed by atoms with E-state index < -0.39 is 0 Å². The number of hydrogen-bond donors (Lipinski definition) is 1. The fourth-order valence-electron chi connectivity index (χ4n) is 2.58. The Morgan fingerprint density at radius 3 is 2.19 bits per heavy atom. The van der Waals surface area contributed by atoms with Crippen molar-refractivity contribution < 1.29 is 0 Å². The largest absolute Gasteiger partial charge is 0.316 e. The molecule has 3 heteroatoms. The van der Waals surface area contributed by atoms with Crippen LogP contribution in [0.4, 0.5) is 0 Å². The molecule has 1 unspecified atom stereocenters. The summed E-state index contributed by atoms with van der Waals surface area (Å²) in [6, 6.07) is 0. The highest BCUT2D eigenvalue weighted by molar-refractivity contribution is 5.25. The van der Waals surface area contributed by atoms with Gasteiger partial charge in [-0.2, -0.15) is 0 Å². The monoisotopic (exact) mass is 291 g/mol. The van der Waals surface area contributed by atoms with Gasteiger partial charge in [-0.1, -0.05) is 27.7 Å². The van der Waals surface area contributed by atoms with Gasteiger partial charge in [-0.15, -0.1) is 0 Å². The molecule has 0 saturated carbocycles. The van der Waals surface area contributed by atoms with Crippen molar-refractivity contribution in [3.05, 3.63) is 22.8 Å². The second-order valence-corrected chi connectivity index (χ2v) is 6.74. The Morgan fingerprint density at radius 2 is 1.67 bits per heavy atom. The molecule has 0 amide bonds. The highest BCUT2D eigenvalue weighted by Gasteiger charge is 2.12. The Bertz CT molecular complexity index is 403. The van der Waals surface area contributed by atoms with Gasteiger partial charge in [-0.05, 0) is 63.6 Å². The Morgan fingerprint density at radius 1 is 1.05 bits per heavy atom. The minimum atomic E-state index is 0.624. The van der Waals surface area contributed by atoms with Crippen molar-refractivity contribution in [2.45, 2.75) is 67.2 Å². The SMILES string of the molecule is CCCNCC(C)Cc1c(C)nc(CCC(C)C)nc1C. The third-order valence-electron chi connectivity index (χ3n) is 3.88. The molecule has 0 aliphatic heterocycles. The Kier molecular flexibility index (Phi) is 7.87. The van der Waals surface area contributed by atoms with Crippen LogP contribution in [0.15, 0.2) is 0 Å². The summed E-state index contributed by atoms with van der Waals surface area (Å²) in [7, 11) is 0. The van der Waals surface area contributed by atoms with Gasteiger partial charge in [-0.3, -0.25) is 0 Å². The van der Waals surface area contributed by atoms with E-state index >= 15 is 0 Å². The molecular formula is C18H33N3. The van der Waals surface area contributed by atoms with Crippen LogP contribution in [0.25, 0.3) is 0 Å². The number of aryl methyl sites for hydroxylation is 3. The highest BCUT2D eigenvalue weighted by atomic mass is 14.9. The molecule has 120 valence electrons. The smallest absolute Gasteiger partial charge is 0.128 e. The first-order valence-corrected chi connectivity index (χ1v) is 8.47. The summed E-state index contributed by atoms with van der Waals surface area (Å²) < 4.78 is 0. The second kappa shape index (κ2) is 9.14. The van der Waals surface area contributed by atoms with E-state index in [2.05, 4.69) is 46.9 Å². The molecule has 1 rings (SSSR count). The summed E-state index contributed by atoms with van der Waals surface area (Å²) in [5.41, 5.74) is 3.68. The number of nitrogens with one attached hydrogen (secondary N) is 1. The molecule has 0 radical (unpaired) electrons. The Balaban J connectivity index is 2.66. The Hall–Kier alpha value is -0.960. The van der Waals surface area contributed by atoms with Crippen molar-refractivity contribution in [3.63, 3.8) is 0 Å². The fraction of sp³-hybridized carbons (Fsp3) is 0.778. The van der Waals surface area contributed by atoms with Gasteiger partial charge in [-0.25, -0.2) is 9.97 Å². The van der Waals surface area contributed by atoms with E-state index in [0.29, 0.717) is 11.8 Å². The van der Waals surface area contributed by atoms with E-state index in [1.54, 1.807) is 0 Å². The van der Waals surface area contributed by atoms with Crippen LogP contribution in [0.1, 0.15) is 63.3 Å². The average molecular weight is 291 g/mol. The highest BCUT2D eigenvalue weighted by Crippen LogP contribution is 2.16. The fourth-order valence-corrected chi connectivity index (χ4v) is 2.58. The van der Waals surface area contributed by atoms with Crippen LogP contribution in [0.5, 0.6) is 0 Å². The molecule has 0 aromatic carbocycles. The molecular weight excluding hydrogens is 258 g/mol. The van der Waals surface area contributed by atoms with Crippen molar-refractivity contribution in [1.29, 1.82) is 0 Å². The van der Waals surface area contributed by atoms with E-state index in [0.717, 1.165) is 38.2 Å². The lowest BCUT2D eigenvalue weighted by Crippen LogP contribution is -2.23. The number of nitrogens with zero attached hydrogens (tertiary/aromatic N) is 2. The normalized spacial score (nSPS) is 12.9. The zero-order valence-corrected chi connectivity index (χ0v) is 14.8. The number of hydrogen-bond acceptors (Lipinski definition) is 3. The molecule has 1 aromatic heterocycles. The summed E-state index contributed by atoms with van der Waals surface area (Å²) in [4.78, 5) is 9.45. The number of aromatic nitrogens is 2. The van der Waals surface area contributed by atoms with Crippen LogP contribution in [-0.4, -0.2) is 23.1 Å². The van der Waals surface area contributed by atoms with E-state index in [9.17, 15) is 0 Å². The minimum Gasteiger partial charge on any atom is -0.316 e. The zero-order chi connectivity index (χ0) is 15.8. The average Bonchev–Trinajstić information content (AvgIpc) is 2.41. The molecule has 1 aromatic rings. The van der Waals surface area contributed by atoms with Crippen molar-refractivity contribution in [2.24, 2.45) is 11.8 Å². The van der Waals surface area contributed by atoms with Crippen LogP contribution in [-0.2, 0) is 12.8 Å². The van der Waals surface area contributed by atoms with E-state index in [1.807, 2.05) is 0 Å². The molecule has 0 aliphatic rings. The van der Waals surface area contributed by atoms with Crippen LogP contribution < -0.4 is 5.32 Å². The molecule has 0 spiro atoms. The molecule has 0 saturated heterocycles. The van der Waals surface area contributed by atoms with Gasteiger partial charge in [0.05, 0.1) is 0 Å². The lowest BCUT2D eigenvalue weighted by Gasteiger charge is -2.16. The van der Waals surface area contributed by atoms with Crippen molar-refractivity contribution in [2.75, 3.05) is 13.1 Å². The third-order valence-corrected chi connectivity index (χ3v) is 3.88. The van der Waals surface area contributed by atoms with Crippen LogP contribution >= 0.6 is 0 Å². The predicted molar refractivity (Wildman–Crippen MR) is 90.7 cm³/mol. The maximum atomic E-state index is 4.72. The summed E-state index contributed by atoms with van der Waals surface area (Å²) in [5.74, 6) is 2.34. The molecule has 1 atom stereocenters. The van der Waals surface area contributed by atoms with E-state index in [4.69, 9.17) is 9.97 Å². The quantitative estimate of drug-likeness (QED) is 0.702.